The number of hydrogen-bond donors (Lipinski definition) is 2. The Morgan fingerprint density at radius 1 is 0.900 bits per heavy atom. The Hall–Kier alpha value is 0.443. The van der Waals surface area contributed by atoms with Gasteiger partial charge < -0.3 is 0 Å². The summed E-state index contributed by atoms with van der Waals surface area (Å²) in [5, 5.41) is -1.65. The average molecular weight is 242 g/mol. The molecule has 0 spiro atoms. The van der Waals surface area contributed by atoms with E-state index in [1.54, 1.807) is 0 Å². The van der Waals surface area contributed by atoms with Gasteiger partial charge in [-0.15, -0.1) is 0 Å². The molecular weight excluding hydrogens is 238 g/mol. The molecule has 0 aliphatic rings. The molecule has 0 radical (unpaired) electrons. The standard InChI is InChI=1S/CH4O6S2.Zn/c2-8(3,4)1-9(5,6)7;/h1H2,(H,2,3,4)(H,5,6,7);. The van der Waals surface area contributed by atoms with E-state index >= 15 is 0 Å². The quantitative estimate of drug-likeness (QED) is 0.460. The molecule has 0 aromatic rings. The van der Waals surface area contributed by atoms with E-state index < -0.39 is 25.3 Å². The minimum atomic E-state index is -4.62. The zero-order valence-corrected chi connectivity index (χ0v) is 9.36. The van der Waals surface area contributed by atoms with E-state index in [1.165, 1.54) is 0 Å². The molecule has 0 amide bonds. The fraction of sp³-hybridized carbons (Fsp3) is 1.00. The summed E-state index contributed by atoms with van der Waals surface area (Å²) in [6.45, 7) is 0. The van der Waals surface area contributed by atoms with E-state index in [-0.39, 0.29) is 19.5 Å². The molecule has 0 aromatic carbocycles. The summed E-state index contributed by atoms with van der Waals surface area (Å²) >= 11 is 0. The van der Waals surface area contributed by atoms with E-state index in [1.807, 2.05) is 0 Å². The predicted octanol–water partition coefficient (Wildman–Crippen LogP) is -1.28. The molecule has 0 unspecified atom stereocenters. The molecule has 0 saturated carbocycles. The Morgan fingerprint density at radius 2 is 1.10 bits per heavy atom. The molecule has 0 aromatic heterocycles. The predicted molar refractivity (Wildman–Crippen MR) is 28.0 cm³/mol. The minimum Gasteiger partial charge on any atom is -0.285 e. The van der Waals surface area contributed by atoms with Crippen LogP contribution in [0.25, 0.3) is 0 Å². The summed E-state index contributed by atoms with van der Waals surface area (Å²) in [6.07, 6.45) is 0. The first-order chi connectivity index (χ1) is 3.71. The summed E-state index contributed by atoms with van der Waals surface area (Å²) < 4.78 is 54.2. The third-order valence-corrected chi connectivity index (χ3v) is 2.68. The van der Waals surface area contributed by atoms with Crippen molar-refractivity contribution in [3.8, 4) is 0 Å². The second kappa shape index (κ2) is 3.73. The van der Waals surface area contributed by atoms with Gasteiger partial charge in [-0.05, 0) is 0 Å². The molecule has 58 valence electrons. The molecule has 0 aliphatic heterocycles. The molecule has 0 atom stereocenters. The van der Waals surface area contributed by atoms with Gasteiger partial charge in [0, 0.05) is 19.5 Å². The van der Waals surface area contributed by atoms with Crippen molar-refractivity contribution >= 4 is 20.2 Å². The van der Waals surface area contributed by atoms with Crippen LogP contribution in [0.15, 0.2) is 0 Å². The maximum Gasteiger partial charge on any atom is 0.281 e. The largest absolute Gasteiger partial charge is 0.285 e. The van der Waals surface area contributed by atoms with Crippen LogP contribution < -0.4 is 0 Å². The van der Waals surface area contributed by atoms with Crippen molar-refractivity contribution in [3.63, 3.8) is 0 Å². The van der Waals surface area contributed by atoms with Crippen LogP contribution in [-0.4, -0.2) is 31.0 Å². The first-order valence-corrected chi connectivity index (χ1v) is 4.83. The third-order valence-electron chi connectivity index (χ3n) is 0.298. The van der Waals surface area contributed by atoms with Crippen LogP contribution >= 0.6 is 0 Å². The molecule has 0 aliphatic carbocycles. The monoisotopic (exact) mass is 240 g/mol. The molecule has 6 nitrogen and oxygen atoms in total. The Balaban J connectivity index is 0. The number of rotatable bonds is 2. The van der Waals surface area contributed by atoms with Gasteiger partial charge in [-0.1, -0.05) is 0 Å². The second-order valence-corrected chi connectivity index (χ2v) is 4.55. The third kappa shape index (κ3) is 11.3. The molecule has 0 saturated heterocycles. The Labute approximate surface area is 70.9 Å². The van der Waals surface area contributed by atoms with Crippen molar-refractivity contribution in [3.05, 3.63) is 0 Å². The zero-order valence-electron chi connectivity index (χ0n) is 4.76. The normalized spacial score (nSPS) is 12.2. The SMILES string of the molecule is O=S(=O)(O)CS(=O)(=O)O.[Zn]. The van der Waals surface area contributed by atoms with E-state index in [0.717, 1.165) is 0 Å². The Kier molecular flexibility index (Phi) is 4.87. The summed E-state index contributed by atoms with van der Waals surface area (Å²) in [5.74, 6) is 0. The molecule has 0 heterocycles. The van der Waals surface area contributed by atoms with Crippen LogP contribution in [-0.2, 0) is 39.7 Å². The van der Waals surface area contributed by atoms with Crippen LogP contribution in [0.1, 0.15) is 0 Å². The average Bonchev–Trinajstić information content (AvgIpc) is 1.14. The molecule has 0 bridgehead atoms. The zero-order chi connectivity index (χ0) is 7.71. The van der Waals surface area contributed by atoms with Gasteiger partial charge in [-0.3, -0.25) is 9.11 Å². The van der Waals surface area contributed by atoms with Crippen molar-refractivity contribution < 1.29 is 45.4 Å². The van der Waals surface area contributed by atoms with Gasteiger partial charge in [0.1, 0.15) is 0 Å². The minimum absolute atomic E-state index is 0. The van der Waals surface area contributed by atoms with Crippen LogP contribution in [0.2, 0.25) is 0 Å². The van der Waals surface area contributed by atoms with E-state index in [2.05, 4.69) is 0 Å². The van der Waals surface area contributed by atoms with Crippen molar-refractivity contribution in [1.29, 1.82) is 0 Å². The topological polar surface area (TPSA) is 109 Å². The summed E-state index contributed by atoms with van der Waals surface area (Å²) in [7, 11) is -9.24. The van der Waals surface area contributed by atoms with Crippen LogP contribution in [0, 0.1) is 0 Å². The second-order valence-electron chi connectivity index (χ2n) is 1.28. The van der Waals surface area contributed by atoms with Gasteiger partial charge >= 0.3 is 0 Å². The van der Waals surface area contributed by atoms with Gasteiger partial charge in [-0.2, -0.15) is 16.8 Å². The summed E-state index contributed by atoms with van der Waals surface area (Å²) in [5.41, 5.74) is 0. The molecule has 10 heavy (non-hydrogen) atoms. The first kappa shape index (κ1) is 13.1. The van der Waals surface area contributed by atoms with Crippen LogP contribution in [0.4, 0.5) is 0 Å². The Morgan fingerprint density at radius 3 is 1.10 bits per heavy atom. The Bertz CT molecular complexity index is 241. The maximum atomic E-state index is 9.66. The van der Waals surface area contributed by atoms with Crippen molar-refractivity contribution in [2.45, 2.75) is 0 Å². The fourth-order valence-electron chi connectivity index (χ4n) is 0.188. The van der Waals surface area contributed by atoms with Crippen LogP contribution in [0.5, 0.6) is 0 Å². The summed E-state index contributed by atoms with van der Waals surface area (Å²) in [6, 6.07) is 0. The molecular formula is CH4O6S2Zn. The first-order valence-electron chi connectivity index (χ1n) is 1.61. The van der Waals surface area contributed by atoms with Crippen molar-refractivity contribution in [1.82, 2.24) is 0 Å². The molecule has 9 heteroatoms. The van der Waals surface area contributed by atoms with Crippen molar-refractivity contribution in [2.75, 3.05) is 5.08 Å². The van der Waals surface area contributed by atoms with Gasteiger partial charge in [0.05, 0.1) is 0 Å². The fourth-order valence-corrected chi connectivity index (χ4v) is 1.69. The summed E-state index contributed by atoms with van der Waals surface area (Å²) in [4.78, 5) is 0. The number of hydrogen-bond acceptors (Lipinski definition) is 4. The molecule has 0 rings (SSSR count). The smallest absolute Gasteiger partial charge is 0.281 e. The van der Waals surface area contributed by atoms with E-state index in [0.29, 0.717) is 0 Å². The van der Waals surface area contributed by atoms with E-state index in [9.17, 15) is 16.8 Å². The maximum absolute atomic E-state index is 9.66. The van der Waals surface area contributed by atoms with Crippen molar-refractivity contribution in [2.24, 2.45) is 0 Å². The van der Waals surface area contributed by atoms with Gasteiger partial charge in [0.25, 0.3) is 20.2 Å². The van der Waals surface area contributed by atoms with Gasteiger partial charge in [0.15, 0.2) is 0 Å². The molecule has 0 fully saturated rings. The van der Waals surface area contributed by atoms with Gasteiger partial charge in [0.2, 0.25) is 5.08 Å². The van der Waals surface area contributed by atoms with Gasteiger partial charge in [-0.25, -0.2) is 0 Å². The van der Waals surface area contributed by atoms with Crippen LogP contribution in [0.3, 0.4) is 0 Å². The molecule has 2 N–H and O–H groups in total. The van der Waals surface area contributed by atoms with E-state index in [4.69, 9.17) is 9.11 Å².